The Morgan fingerprint density at radius 2 is 1.23 bits per heavy atom. The maximum absolute atomic E-state index is 11.9. The summed E-state index contributed by atoms with van der Waals surface area (Å²) in [6.07, 6.45) is 30.2. The molecule has 44 heavy (non-hydrogen) atoms. The van der Waals surface area contributed by atoms with Crippen molar-refractivity contribution in [3.05, 3.63) is 24.3 Å². The van der Waals surface area contributed by atoms with Gasteiger partial charge in [0.1, 0.15) is 12.7 Å². The number of aliphatic hydroxyl groups is 1. The van der Waals surface area contributed by atoms with Gasteiger partial charge < -0.3 is 20.1 Å². The zero-order valence-corrected chi connectivity index (χ0v) is 28.7. The molecule has 0 aromatic carbocycles. The van der Waals surface area contributed by atoms with Gasteiger partial charge in [0.05, 0.1) is 13.2 Å². The van der Waals surface area contributed by atoms with E-state index >= 15 is 0 Å². The molecule has 258 valence electrons. The number of ether oxygens (including phenoxy) is 1. The summed E-state index contributed by atoms with van der Waals surface area (Å²) in [4.78, 5) is 33.3. The van der Waals surface area contributed by atoms with Gasteiger partial charge in [-0.3, -0.25) is 18.6 Å². The molecular weight excluding hydrogens is 581 g/mol. The van der Waals surface area contributed by atoms with Gasteiger partial charge in [0.15, 0.2) is 0 Å². The summed E-state index contributed by atoms with van der Waals surface area (Å²) in [6, 6.07) is 0. The van der Waals surface area contributed by atoms with Gasteiger partial charge in [-0.1, -0.05) is 115 Å². The lowest BCUT2D eigenvalue weighted by molar-refractivity contribution is -0.147. The van der Waals surface area contributed by atoms with Crippen molar-refractivity contribution >= 4 is 19.7 Å². The van der Waals surface area contributed by atoms with Crippen LogP contribution in [0.15, 0.2) is 24.3 Å². The zero-order valence-electron chi connectivity index (χ0n) is 27.9. The number of aliphatic hydroxyl groups excluding tert-OH is 1. The van der Waals surface area contributed by atoms with Crippen LogP contribution in [-0.4, -0.2) is 54.3 Å². The molecule has 0 aliphatic rings. The van der Waals surface area contributed by atoms with Crippen molar-refractivity contribution in [1.82, 2.24) is 5.32 Å². The summed E-state index contributed by atoms with van der Waals surface area (Å²) in [7, 11) is -4.39. The average molecular weight is 646 g/mol. The number of phosphoric acid groups is 1. The second kappa shape index (κ2) is 31.5. The fourth-order valence-corrected chi connectivity index (χ4v) is 5.22. The van der Waals surface area contributed by atoms with E-state index in [0.717, 1.165) is 51.4 Å². The van der Waals surface area contributed by atoms with E-state index in [1.165, 1.54) is 70.6 Å². The van der Waals surface area contributed by atoms with Crippen molar-refractivity contribution in [3.63, 3.8) is 0 Å². The van der Waals surface area contributed by atoms with E-state index in [0.29, 0.717) is 6.42 Å². The minimum absolute atomic E-state index is 0.0800. The number of nitrogens with one attached hydrogen (secondary N) is 1. The lowest BCUT2D eigenvalue weighted by Gasteiger charge is -2.15. The monoisotopic (exact) mass is 645 g/mol. The number of esters is 1. The molecular formula is C34H64NO8P. The van der Waals surface area contributed by atoms with Gasteiger partial charge in [0.2, 0.25) is 5.91 Å². The zero-order chi connectivity index (χ0) is 32.6. The van der Waals surface area contributed by atoms with Gasteiger partial charge in [-0.2, -0.15) is 0 Å². The van der Waals surface area contributed by atoms with Crippen LogP contribution in [0.1, 0.15) is 149 Å². The number of hydrogen-bond donors (Lipinski definition) is 3. The van der Waals surface area contributed by atoms with Crippen molar-refractivity contribution in [2.24, 2.45) is 0 Å². The number of amides is 1. The van der Waals surface area contributed by atoms with Crippen LogP contribution in [0.4, 0.5) is 0 Å². The smallest absolute Gasteiger partial charge is 0.463 e. The topological polar surface area (TPSA) is 131 Å². The first-order valence-electron chi connectivity index (χ1n) is 17.3. The second-order valence-electron chi connectivity index (χ2n) is 11.5. The Kier molecular flexibility index (Phi) is 30.4. The SMILES string of the molecule is CCCCC/C=C\C/C=C\CCCCCCCCCCCC(=O)OCC(O)COP(=O)(O)OCCNC(=O)CCCCCC. The normalized spacial score (nSPS) is 13.8. The average Bonchev–Trinajstić information content (AvgIpc) is 3.00. The summed E-state index contributed by atoms with van der Waals surface area (Å²) in [5.41, 5.74) is 0. The summed E-state index contributed by atoms with van der Waals surface area (Å²) >= 11 is 0. The standard InChI is InChI=1S/C34H64NO8P/c1-3-5-7-9-10-11-12-13-14-15-16-17-18-19-20-21-22-23-25-27-34(38)41-30-32(36)31-43-44(39,40)42-29-28-35-33(37)26-24-8-6-4-2/h10-11,13-14,32,36H,3-9,12,15-31H2,1-2H3,(H,35,37)(H,39,40)/b11-10-,14-13-. The van der Waals surface area contributed by atoms with E-state index in [2.05, 4.69) is 43.5 Å². The first-order chi connectivity index (χ1) is 21.3. The molecule has 0 bridgehead atoms. The number of carbonyl (C=O) groups excluding carboxylic acids is 2. The van der Waals surface area contributed by atoms with Gasteiger partial charge in [-0.25, -0.2) is 4.57 Å². The van der Waals surface area contributed by atoms with Gasteiger partial charge in [0, 0.05) is 19.4 Å². The number of hydrogen-bond acceptors (Lipinski definition) is 7. The Morgan fingerprint density at radius 3 is 1.86 bits per heavy atom. The maximum atomic E-state index is 11.9. The largest absolute Gasteiger partial charge is 0.472 e. The molecule has 0 fully saturated rings. The number of phosphoric ester groups is 1. The summed E-state index contributed by atoms with van der Waals surface area (Å²) < 4.78 is 26.5. The Bertz CT molecular complexity index is 789. The van der Waals surface area contributed by atoms with Gasteiger partial charge in [0.25, 0.3) is 0 Å². The van der Waals surface area contributed by atoms with Gasteiger partial charge >= 0.3 is 13.8 Å². The summed E-state index contributed by atoms with van der Waals surface area (Å²) in [5, 5.41) is 12.5. The lowest BCUT2D eigenvalue weighted by atomic mass is 10.1. The molecule has 0 aliphatic carbocycles. The number of unbranched alkanes of at least 4 members (excludes halogenated alkanes) is 15. The van der Waals surface area contributed by atoms with Crippen LogP contribution in [0.3, 0.4) is 0 Å². The maximum Gasteiger partial charge on any atom is 0.472 e. The minimum atomic E-state index is -4.39. The highest BCUT2D eigenvalue weighted by atomic mass is 31.2. The number of carbonyl (C=O) groups is 2. The molecule has 0 aliphatic heterocycles. The Labute approximate surface area is 268 Å². The Balaban J connectivity index is 3.59. The fourth-order valence-electron chi connectivity index (χ4n) is 4.47. The van der Waals surface area contributed by atoms with Gasteiger partial charge in [-0.05, 0) is 44.9 Å². The molecule has 0 saturated carbocycles. The van der Waals surface area contributed by atoms with E-state index in [-0.39, 0.29) is 32.1 Å². The minimum Gasteiger partial charge on any atom is -0.463 e. The molecule has 9 nitrogen and oxygen atoms in total. The Hall–Kier alpha value is -1.51. The molecule has 0 spiro atoms. The number of allylic oxidation sites excluding steroid dienone is 4. The third-order valence-electron chi connectivity index (χ3n) is 7.13. The molecule has 10 heteroatoms. The van der Waals surface area contributed by atoms with E-state index in [9.17, 15) is 24.2 Å². The summed E-state index contributed by atoms with van der Waals surface area (Å²) in [6.45, 7) is 3.38. The van der Waals surface area contributed by atoms with Crippen LogP contribution in [0, 0.1) is 0 Å². The molecule has 0 rings (SSSR count). The molecule has 1 amide bonds. The van der Waals surface area contributed by atoms with E-state index in [1.807, 2.05) is 0 Å². The second-order valence-corrected chi connectivity index (χ2v) is 12.9. The third-order valence-corrected chi connectivity index (χ3v) is 8.12. The Morgan fingerprint density at radius 1 is 0.705 bits per heavy atom. The van der Waals surface area contributed by atoms with Crippen LogP contribution in [0.2, 0.25) is 0 Å². The van der Waals surface area contributed by atoms with Crippen LogP contribution >= 0.6 is 7.82 Å². The molecule has 0 heterocycles. The molecule has 3 N–H and O–H groups in total. The van der Waals surface area contributed by atoms with Crippen molar-refractivity contribution in [2.45, 2.75) is 155 Å². The van der Waals surface area contributed by atoms with Gasteiger partial charge in [-0.15, -0.1) is 0 Å². The van der Waals surface area contributed by atoms with E-state index in [1.54, 1.807) is 0 Å². The molecule has 0 aromatic heterocycles. The van der Waals surface area contributed by atoms with Crippen LogP contribution < -0.4 is 5.32 Å². The van der Waals surface area contributed by atoms with Crippen LogP contribution in [0.25, 0.3) is 0 Å². The van der Waals surface area contributed by atoms with Crippen molar-refractivity contribution < 1.29 is 37.9 Å². The highest BCUT2D eigenvalue weighted by Gasteiger charge is 2.23. The first-order valence-corrected chi connectivity index (χ1v) is 18.8. The van der Waals surface area contributed by atoms with Crippen LogP contribution in [0.5, 0.6) is 0 Å². The highest BCUT2D eigenvalue weighted by molar-refractivity contribution is 7.47. The van der Waals surface area contributed by atoms with Crippen molar-refractivity contribution in [2.75, 3.05) is 26.4 Å². The summed E-state index contributed by atoms with van der Waals surface area (Å²) in [5.74, 6) is -0.539. The predicted octanol–water partition coefficient (Wildman–Crippen LogP) is 8.48. The fraction of sp³-hybridized carbons (Fsp3) is 0.824. The quantitative estimate of drug-likeness (QED) is 0.0287. The van der Waals surface area contributed by atoms with E-state index < -0.39 is 26.5 Å². The van der Waals surface area contributed by atoms with E-state index in [4.69, 9.17) is 13.8 Å². The molecule has 0 saturated heterocycles. The molecule has 2 atom stereocenters. The predicted molar refractivity (Wildman–Crippen MR) is 178 cm³/mol. The highest BCUT2D eigenvalue weighted by Crippen LogP contribution is 2.42. The lowest BCUT2D eigenvalue weighted by Crippen LogP contribution is -2.27. The molecule has 0 aromatic rings. The van der Waals surface area contributed by atoms with Crippen LogP contribution in [-0.2, 0) is 27.9 Å². The van der Waals surface area contributed by atoms with Crippen molar-refractivity contribution in [1.29, 1.82) is 0 Å². The van der Waals surface area contributed by atoms with Crippen molar-refractivity contribution in [3.8, 4) is 0 Å². The third kappa shape index (κ3) is 31.9. The molecule has 2 unspecified atom stereocenters. The molecule has 0 radical (unpaired) electrons. The first kappa shape index (κ1) is 42.5. The number of rotatable bonds is 32.